The lowest BCUT2D eigenvalue weighted by Crippen LogP contribution is -2.14. The summed E-state index contributed by atoms with van der Waals surface area (Å²) in [5, 5.41) is 4.31. The van der Waals surface area contributed by atoms with Crippen molar-refractivity contribution in [3.63, 3.8) is 0 Å². The molecule has 1 heterocycles. The number of hydrogen-bond donors (Lipinski definition) is 1. The summed E-state index contributed by atoms with van der Waals surface area (Å²) in [5.41, 5.74) is 1.38. The Morgan fingerprint density at radius 3 is 3.07 bits per heavy atom. The average Bonchev–Trinajstić information content (AvgIpc) is 2.46. The average molecular weight is 224 g/mol. The van der Waals surface area contributed by atoms with E-state index in [9.17, 15) is 0 Å². The van der Waals surface area contributed by atoms with E-state index in [4.69, 9.17) is 11.6 Å². The van der Waals surface area contributed by atoms with Crippen LogP contribution >= 0.6 is 11.6 Å². The van der Waals surface area contributed by atoms with Crippen LogP contribution in [0.2, 0.25) is 5.02 Å². The maximum absolute atomic E-state index is 5.98. The van der Waals surface area contributed by atoms with Crippen molar-refractivity contribution in [2.24, 2.45) is 5.92 Å². The number of halogens is 1. The minimum Gasteiger partial charge on any atom is -0.317 e. The molecule has 1 N–H and O–H groups in total. The van der Waals surface area contributed by atoms with Gasteiger partial charge in [-0.2, -0.15) is 0 Å². The molecule has 1 unspecified atom stereocenters. The standard InChI is InChI=1S/C13H18ClN/c14-13-5-1-3-12(10-13)9-11-4-2-7-15-8-6-11/h1,3,5,10-11,15H,2,4,6-9H2. The Kier molecular flexibility index (Phi) is 4.04. The van der Waals surface area contributed by atoms with E-state index in [1.165, 1.54) is 44.3 Å². The van der Waals surface area contributed by atoms with Crippen molar-refractivity contribution < 1.29 is 0 Å². The fourth-order valence-electron chi connectivity index (χ4n) is 2.29. The highest BCUT2D eigenvalue weighted by Gasteiger charge is 2.12. The largest absolute Gasteiger partial charge is 0.317 e. The van der Waals surface area contributed by atoms with E-state index in [1.54, 1.807) is 0 Å². The number of hydrogen-bond acceptors (Lipinski definition) is 1. The van der Waals surface area contributed by atoms with Gasteiger partial charge in [0.15, 0.2) is 0 Å². The summed E-state index contributed by atoms with van der Waals surface area (Å²) in [5.74, 6) is 0.832. The first-order valence-corrected chi connectivity index (χ1v) is 6.17. The molecule has 1 atom stereocenters. The molecular weight excluding hydrogens is 206 g/mol. The molecule has 0 bridgehead atoms. The molecule has 0 saturated carbocycles. The van der Waals surface area contributed by atoms with Crippen molar-refractivity contribution in [2.45, 2.75) is 25.7 Å². The van der Waals surface area contributed by atoms with Gasteiger partial charge in [0.1, 0.15) is 0 Å². The summed E-state index contributed by atoms with van der Waals surface area (Å²) >= 11 is 5.98. The second-order valence-electron chi connectivity index (χ2n) is 4.38. The van der Waals surface area contributed by atoms with Gasteiger partial charge in [-0.05, 0) is 62.4 Å². The molecule has 1 nitrogen and oxygen atoms in total. The molecule has 15 heavy (non-hydrogen) atoms. The number of rotatable bonds is 2. The zero-order chi connectivity index (χ0) is 10.5. The van der Waals surface area contributed by atoms with Crippen molar-refractivity contribution in [3.8, 4) is 0 Å². The molecule has 0 spiro atoms. The Bertz CT molecular complexity index is 303. The highest BCUT2D eigenvalue weighted by Crippen LogP contribution is 2.20. The Labute approximate surface area is 96.8 Å². The van der Waals surface area contributed by atoms with Crippen molar-refractivity contribution in [3.05, 3.63) is 34.9 Å². The Hall–Kier alpha value is -0.530. The maximum Gasteiger partial charge on any atom is 0.0408 e. The molecule has 1 aromatic carbocycles. The zero-order valence-corrected chi connectivity index (χ0v) is 9.76. The van der Waals surface area contributed by atoms with E-state index in [0.717, 1.165) is 10.9 Å². The van der Waals surface area contributed by atoms with Crippen LogP contribution in [0, 0.1) is 5.92 Å². The second-order valence-corrected chi connectivity index (χ2v) is 4.82. The summed E-state index contributed by atoms with van der Waals surface area (Å²) in [7, 11) is 0. The van der Waals surface area contributed by atoms with Crippen LogP contribution in [0.15, 0.2) is 24.3 Å². The molecule has 1 aliphatic rings. The summed E-state index contributed by atoms with van der Waals surface area (Å²) in [6.45, 7) is 2.36. The van der Waals surface area contributed by atoms with Gasteiger partial charge in [0.05, 0.1) is 0 Å². The smallest absolute Gasteiger partial charge is 0.0408 e. The van der Waals surface area contributed by atoms with E-state index < -0.39 is 0 Å². The van der Waals surface area contributed by atoms with E-state index in [1.807, 2.05) is 12.1 Å². The van der Waals surface area contributed by atoms with Crippen molar-refractivity contribution in [1.82, 2.24) is 5.32 Å². The molecule has 2 rings (SSSR count). The normalized spacial score (nSPS) is 22.3. The van der Waals surface area contributed by atoms with E-state index in [2.05, 4.69) is 17.4 Å². The van der Waals surface area contributed by atoms with Gasteiger partial charge < -0.3 is 5.32 Å². The molecule has 1 aliphatic heterocycles. The van der Waals surface area contributed by atoms with E-state index >= 15 is 0 Å². The molecule has 2 heteroatoms. The first-order valence-electron chi connectivity index (χ1n) is 5.80. The predicted molar refractivity (Wildman–Crippen MR) is 65.4 cm³/mol. The van der Waals surface area contributed by atoms with Gasteiger partial charge >= 0.3 is 0 Å². The fourth-order valence-corrected chi connectivity index (χ4v) is 2.51. The molecule has 0 radical (unpaired) electrons. The van der Waals surface area contributed by atoms with Crippen LogP contribution in [0.5, 0.6) is 0 Å². The lowest BCUT2D eigenvalue weighted by Gasteiger charge is -2.13. The molecule has 0 amide bonds. The van der Waals surface area contributed by atoms with Crippen LogP contribution in [0.3, 0.4) is 0 Å². The molecule has 0 aliphatic carbocycles. The Morgan fingerprint density at radius 2 is 2.20 bits per heavy atom. The van der Waals surface area contributed by atoms with Gasteiger partial charge in [-0.15, -0.1) is 0 Å². The third kappa shape index (κ3) is 3.51. The van der Waals surface area contributed by atoms with E-state index in [-0.39, 0.29) is 0 Å². The SMILES string of the molecule is Clc1cccc(CC2CCCNCC2)c1. The Balaban J connectivity index is 1.95. The zero-order valence-electron chi connectivity index (χ0n) is 9.01. The number of nitrogens with one attached hydrogen (secondary N) is 1. The first kappa shape index (κ1) is 11.0. The maximum atomic E-state index is 5.98. The minimum atomic E-state index is 0.832. The third-order valence-electron chi connectivity index (χ3n) is 3.11. The second kappa shape index (κ2) is 5.53. The summed E-state index contributed by atoms with van der Waals surface area (Å²) in [6, 6.07) is 8.27. The number of benzene rings is 1. The highest BCUT2D eigenvalue weighted by atomic mass is 35.5. The van der Waals surface area contributed by atoms with Gasteiger partial charge in [-0.3, -0.25) is 0 Å². The molecule has 1 saturated heterocycles. The molecular formula is C13H18ClN. The van der Waals surface area contributed by atoms with Gasteiger partial charge in [0.2, 0.25) is 0 Å². The molecule has 1 fully saturated rings. The molecule has 0 aromatic heterocycles. The van der Waals surface area contributed by atoms with Crippen LogP contribution < -0.4 is 5.32 Å². The van der Waals surface area contributed by atoms with Crippen LogP contribution in [-0.2, 0) is 6.42 Å². The van der Waals surface area contributed by atoms with Gasteiger partial charge in [-0.25, -0.2) is 0 Å². The predicted octanol–water partition coefficient (Wildman–Crippen LogP) is 3.27. The molecule has 1 aromatic rings. The van der Waals surface area contributed by atoms with Crippen molar-refractivity contribution in [1.29, 1.82) is 0 Å². The van der Waals surface area contributed by atoms with Crippen LogP contribution in [-0.4, -0.2) is 13.1 Å². The monoisotopic (exact) mass is 223 g/mol. The van der Waals surface area contributed by atoms with Crippen LogP contribution in [0.4, 0.5) is 0 Å². The molecule has 82 valence electrons. The first-order chi connectivity index (χ1) is 7.34. The van der Waals surface area contributed by atoms with Gasteiger partial charge in [-0.1, -0.05) is 23.7 Å². The lowest BCUT2D eigenvalue weighted by atomic mass is 9.93. The van der Waals surface area contributed by atoms with Crippen molar-refractivity contribution in [2.75, 3.05) is 13.1 Å². The summed E-state index contributed by atoms with van der Waals surface area (Å²) < 4.78 is 0. The van der Waals surface area contributed by atoms with Crippen LogP contribution in [0.25, 0.3) is 0 Å². The van der Waals surface area contributed by atoms with E-state index in [0.29, 0.717) is 0 Å². The fraction of sp³-hybridized carbons (Fsp3) is 0.538. The van der Waals surface area contributed by atoms with Gasteiger partial charge in [0.25, 0.3) is 0 Å². The minimum absolute atomic E-state index is 0.832. The van der Waals surface area contributed by atoms with Crippen LogP contribution in [0.1, 0.15) is 24.8 Å². The summed E-state index contributed by atoms with van der Waals surface area (Å²) in [4.78, 5) is 0. The highest BCUT2D eigenvalue weighted by molar-refractivity contribution is 6.30. The van der Waals surface area contributed by atoms with Gasteiger partial charge in [0, 0.05) is 5.02 Å². The Morgan fingerprint density at radius 1 is 1.27 bits per heavy atom. The topological polar surface area (TPSA) is 12.0 Å². The summed E-state index contributed by atoms with van der Waals surface area (Å²) in [6.07, 6.45) is 5.14. The quantitative estimate of drug-likeness (QED) is 0.812. The third-order valence-corrected chi connectivity index (χ3v) is 3.34. The lowest BCUT2D eigenvalue weighted by molar-refractivity contribution is 0.470. The van der Waals surface area contributed by atoms with Crippen molar-refractivity contribution >= 4 is 11.6 Å².